The summed E-state index contributed by atoms with van der Waals surface area (Å²) in [6.07, 6.45) is 5.87. The summed E-state index contributed by atoms with van der Waals surface area (Å²) in [6.45, 7) is 10.2. The average molecular weight is 362 g/mol. The second kappa shape index (κ2) is 9.76. The molecule has 6 nitrogen and oxygen atoms in total. The first-order valence-corrected chi connectivity index (χ1v) is 9.61. The van der Waals surface area contributed by atoms with Crippen molar-refractivity contribution in [3.05, 3.63) is 23.9 Å². The monoisotopic (exact) mass is 361 g/mol. The Morgan fingerprint density at radius 3 is 2.62 bits per heavy atom. The van der Waals surface area contributed by atoms with E-state index in [2.05, 4.69) is 58.4 Å². The molecular weight excluding hydrogens is 326 g/mol. The van der Waals surface area contributed by atoms with Gasteiger partial charge in [-0.05, 0) is 42.4 Å². The molecule has 1 fully saturated rings. The van der Waals surface area contributed by atoms with Gasteiger partial charge in [-0.3, -0.25) is 4.99 Å². The van der Waals surface area contributed by atoms with Crippen molar-refractivity contribution in [2.45, 2.75) is 52.7 Å². The van der Waals surface area contributed by atoms with Crippen molar-refractivity contribution in [3.8, 4) is 0 Å². The SMILES string of the molecule is CN=C(NCc1ccnc(N2CCCCC2)c1)NCC(OC)C(C)(C)C. The number of methoxy groups -OCH3 is 1. The third-order valence-electron chi connectivity index (χ3n) is 4.88. The van der Waals surface area contributed by atoms with E-state index in [1.165, 1.54) is 24.8 Å². The molecule has 2 rings (SSSR count). The quantitative estimate of drug-likeness (QED) is 0.603. The molecule has 0 aliphatic carbocycles. The Hall–Kier alpha value is -1.82. The minimum absolute atomic E-state index is 0.0784. The van der Waals surface area contributed by atoms with E-state index < -0.39 is 0 Å². The van der Waals surface area contributed by atoms with Gasteiger partial charge in [-0.1, -0.05) is 20.8 Å². The summed E-state index contributed by atoms with van der Waals surface area (Å²) < 4.78 is 5.60. The van der Waals surface area contributed by atoms with E-state index in [1.807, 2.05) is 6.20 Å². The standard InChI is InChI=1S/C20H35N5O/c1-20(2,3)17(26-5)15-24-19(21-4)23-14-16-9-10-22-18(13-16)25-11-7-6-8-12-25/h9-10,13,17H,6-8,11-12,14-15H2,1-5H3,(H2,21,23,24). The van der Waals surface area contributed by atoms with Gasteiger partial charge in [0, 0.05) is 46.5 Å². The lowest BCUT2D eigenvalue weighted by atomic mass is 9.89. The fourth-order valence-corrected chi connectivity index (χ4v) is 3.21. The Labute approximate surface area is 158 Å². The first-order valence-electron chi connectivity index (χ1n) is 9.61. The number of hydrogen-bond donors (Lipinski definition) is 2. The minimum Gasteiger partial charge on any atom is -0.379 e. The highest BCUT2D eigenvalue weighted by molar-refractivity contribution is 5.79. The maximum Gasteiger partial charge on any atom is 0.191 e. The van der Waals surface area contributed by atoms with Crippen molar-refractivity contribution in [2.24, 2.45) is 10.4 Å². The number of piperidine rings is 1. The minimum atomic E-state index is 0.0784. The molecule has 1 aliphatic rings. The van der Waals surface area contributed by atoms with Crippen molar-refractivity contribution in [2.75, 3.05) is 38.7 Å². The summed E-state index contributed by atoms with van der Waals surface area (Å²) >= 11 is 0. The summed E-state index contributed by atoms with van der Waals surface area (Å²) in [4.78, 5) is 11.2. The lowest BCUT2D eigenvalue weighted by molar-refractivity contribution is 0.0205. The number of guanidine groups is 1. The fraction of sp³-hybridized carbons (Fsp3) is 0.700. The Bertz CT molecular complexity index is 576. The van der Waals surface area contributed by atoms with Crippen LogP contribution in [0.1, 0.15) is 45.6 Å². The summed E-state index contributed by atoms with van der Waals surface area (Å²) in [5, 5.41) is 6.75. The molecule has 2 N–H and O–H groups in total. The molecule has 0 radical (unpaired) electrons. The molecule has 26 heavy (non-hydrogen) atoms. The van der Waals surface area contributed by atoms with Crippen LogP contribution in [0.25, 0.3) is 0 Å². The summed E-state index contributed by atoms with van der Waals surface area (Å²) in [5.41, 5.74) is 1.29. The van der Waals surface area contributed by atoms with E-state index in [0.29, 0.717) is 0 Å². The first-order chi connectivity index (χ1) is 12.4. The zero-order chi connectivity index (χ0) is 19.0. The molecule has 1 unspecified atom stereocenters. The Balaban J connectivity index is 1.88. The zero-order valence-electron chi connectivity index (χ0n) is 17.0. The Morgan fingerprint density at radius 1 is 1.27 bits per heavy atom. The van der Waals surface area contributed by atoms with Crippen LogP contribution in [0.3, 0.4) is 0 Å². The molecule has 0 saturated carbocycles. The molecular formula is C20H35N5O. The second-order valence-corrected chi connectivity index (χ2v) is 7.97. The number of pyridine rings is 1. The average Bonchev–Trinajstić information content (AvgIpc) is 2.64. The highest BCUT2D eigenvalue weighted by Gasteiger charge is 2.24. The molecule has 1 saturated heterocycles. The number of hydrogen-bond acceptors (Lipinski definition) is 4. The number of nitrogens with one attached hydrogen (secondary N) is 2. The van der Waals surface area contributed by atoms with Gasteiger partial charge in [0.25, 0.3) is 0 Å². The number of ether oxygens (including phenoxy) is 1. The zero-order valence-corrected chi connectivity index (χ0v) is 17.0. The van der Waals surface area contributed by atoms with E-state index in [1.54, 1.807) is 14.2 Å². The van der Waals surface area contributed by atoms with Crippen molar-refractivity contribution < 1.29 is 4.74 Å². The molecule has 0 aromatic carbocycles. The van der Waals surface area contributed by atoms with Crippen LogP contribution in [-0.4, -0.2) is 50.8 Å². The molecule has 1 aliphatic heterocycles. The maximum atomic E-state index is 5.60. The van der Waals surface area contributed by atoms with Gasteiger partial charge in [0.2, 0.25) is 0 Å². The Morgan fingerprint density at radius 2 is 2.00 bits per heavy atom. The van der Waals surface area contributed by atoms with Gasteiger partial charge < -0.3 is 20.3 Å². The molecule has 0 amide bonds. The number of aromatic nitrogens is 1. The van der Waals surface area contributed by atoms with Gasteiger partial charge in [0.15, 0.2) is 5.96 Å². The summed E-state index contributed by atoms with van der Waals surface area (Å²) in [5.74, 6) is 1.87. The van der Waals surface area contributed by atoms with Crippen LogP contribution in [0.5, 0.6) is 0 Å². The van der Waals surface area contributed by atoms with Gasteiger partial charge in [0.1, 0.15) is 5.82 Å². The molecule has 1 aromatic heterocycles. The van der Waals surface area contributed by atoms with E-state index in [9.17, 15) is 0 Å². The van der Waals surface area contributed by atoms with E-state index in [0.717, 1.165) is 38.0 Å². The van der Waals surface area contributed by atoms with E-state index >= 15 is 0 Å². The first kappa shape index (κ1) is 20.5. The molecule has 6 heteroatoms. The van der Waals surface area contributed by atoms with Gasteiger partial charge in [-0.25, -0.2) is 4.98 Å². The number of anilines is 1. The van der Waals surface area contributed by atoms with E-state index in [-0.39, 0.29) is 11.5 Å². The van der Waals surface area contributed by atoms with Crippen LogP contribution in [0.15, 0.2) is 23.3 Å². The number of rotatable bonds is 6. The molecule has 146 valence electrons. The van der Waals surface area contributed by atoms with Crippen LogP contribution in [0.4, 0.5) is 5.82 Å². The van der Waals surface area contributed by atoms with Crippen LogP contribution < -0.4 is 15.5 Å². The third kappa shape index (κ3) is 6.16. The Kier molecular flexibility index (Phi) is 7.69. The van der Waals surface area contributed by atoms with Gasteiger partial charge in [-0.2, -0.15) is 0 Å². The van der Waals surface area contributed by atoms with Crippen molar-refractivity contribution in [1.82, 2.24) is 15.6 Å². The largest absolute Gasteiger partial charge is 0.379 e. The van der Waals surface area contributed by atoms with Gasteiger partial charge >= 0.3 is 0 Å². The topological polar surface area (TPSA) is 61.8 Å². The number of aliphatic imine (C=N–C) groups is 1. The highest BCUT2D eigenvalue weighted by Crippen LogP contribution is 2.21. The molecule has 1 atom stereocenters. The van der Waals surface area contributed by atoms with Crippen molar-refractivity contribution in [3.63, 3.8) is 0 Å². The fourth-order valence-electron chi connectivity index (χ4n) is 3.21. The van der Waals surface area contributed by atoms with Gasteiger partial charge in [-0.15, -0.1) is 0 Å². The van der Waals surface area contributed by atoms with Crippen LogP contribution in [0.2, 0.25) is 0 Å². The van der Waals surface area contributed by atoms with Crippen LogP contribution in [0, 0.1) is 5.41 Å². The smallest absolute Gasteiger partial charge is 0.191 e. The van der Waals surface area contributed by atoms with Crippen LogP contribution in [-0.2, 0) is 11.3 Å². The molecule has 2 heterocycles. The third-order valence-corrected chi connectivity index (χ3v) is 4.88. The van der Waals surface area contributed by atoms with Crippen LogP contribution >= 0.6 is 0 Å². The van der Waals surface area contributed by atoms with E-state index in [4.69, 9.17) is 4.74 Å². The molecule has 0 bridgehead atoms. The van der Waals surface area contributed by atoms with Crippen molar-refractivity contribution >= 4 is 11.8 Å². The summed E-state index contributed by atoms with van der Waals surface area (Å²) in [7, 11) is 3.55. The summed E-state index contributed by atoms with van der Waals surface area (Å²) in [6, 6.07) is 4.24. The molecule has 0 spiro atoms. The molecule has 1 aromatic rings. The normalized spacial score (nSPS) is 17.1. The maximum absolute atomic E-state index is 5.60. The lowest BCUT2D eigenvalue weighted by Crippen LogP contribution is -2.45. The number of nitrogens with zero attached hydrogens (tertiary/aromatic N) is 3. The lowest BCUT2D eigenvalue weighted by Gasteiger charge is -2.30. The van der Waals surface area contributed by atoms with Gasteiger partial charge in [0.05, 0.1) is 6.10 Å². The van der Waals surface area contributed by atoms with Crippen molar-refractivity contribution in [1.29, 1.82) is 0 Å². The predicted molar refractivity (Wildman–Crippen MR) is 109 cm³/mol. The second-order valence-electron chi connectivity index (χ2n) is 7.97. The predicted octanol–water partition coefficient (Wildman–Crippen LogP) is 2.80. The highest BCUT2D eigenvalue weighted by atomic mass is 16.5.